The molecule has 3 aromatic carbocycles. The monoisotopic (exact) mass is 654 g/mol. The Morgan fingerprint density at radius 1 is 0.979 bits per heavy atom. The van der Waals surface area contributed by atoms with Crippen molar-refractivity contribution < 1.29 is 33.4 Å². The number of aromatic hydroxyl groups is 1. The van der Waals surface area contributed by atoms with Crippen LogP contribution in [0.15, 0.2) is 78.9 Å². The van der Waals surface area contributed by atoms with Crippen molar-refractivity contribution >= 4 is 52.7 Å². The summed E-state index contributed by atoms with van der Waals surface area (Å²) in [6.45, 7) is 7.59. The molecule has 0 radical (unpaired) electrons. The predicted molar refractivity (Wildman–Crippen MR) is 174 cm³/mol. The molecule has 47 heavy (non-hydrogen) atoms. The number of nitrogens with zero attached hydrogens (tertiary/aromatic N) is 2. The van der Waals surface area contributed by atoms with Crippen LogP contribution in [0.2, 0.25) is 5.02 Å². The molecule has 0 spiro atoms. The van der Waals surface area contributed by atoms with E-state index in [1.807, 2.05) is 6.08 Å². The third-order valence-corrected chi connectivity index (χ3v) is 10.7. The van der Waals surface area contributed by atoms with E-state index in [0.29, 0.717) is 11.3 Å². The second-order valence-corrected chi connectivity index (χ2v) is 13.1. The summed E-state index contributed by atoms with van der Waals surface area (Å²) in [5.74, 6) is -5.61. The molecule has 2 aliphatic heterocycles. The number of rotatable bonds is 6. The van der Waals surface area contributed by atoms with Crippen LogP contribution in [0.1, 0.15) is 43.7 Å². The minimum absolute atomic E-state index is 0.0755. The highest BCUT2D eigenvalue weighted by Crippen LogP contribution is 2.64. The number of phenolic OH excluding ortho intramolecular Hbond substituents is 1. The summed E-state index contributed by atoms with van der Waals surface area (Å²) in [4.78, 5) is 59.3. The van der Waals surface area contributed by atoms with E-state index in [0.717, 1.165) is 22.1 Å². The fraction of sp³-hybridized carbons (Fsp3) is 0.297. The van der Waals surface area contributed by atoms with E-state index in [-0.39, 0.29) is 53.5 Å². The van der Waals surface area contributed by atoms with Crippen molar-refractivity contribution in [3.8, 4) is 11.5 Å². The minimum atomic E-state index is -1.32. The van der Waals surface area contributed by atoms with Gasteiger partial charge in [-0.3, -0.25) is 24.1 Å². The summed E-state index contributed by atoms with van der Waals surface area (Å²) >= 11 is 6.08. The number of imide groups is 2. The second-order valence-electron chi connectivity index (χ2n) is 12.7. The molecule has 6 atom stereocenters. The first-order valence-electron chi connectivity index (χ1n) is 15.6. The lowest BCUT2D eigenvalue weighted by molar-refractivity contribution is -0.131. The van der Waals surface area contributed by atoms with Crippen LogP contribution in [-0.4, -0.2) is 35.3 Å². The van der Waals surface area contributed by atoms with Gasteiger partial charge >= 0.3 is 0 Å². The Balaban J connectivity index is 1.36. The first-order chi connectivity index (χ1) is 22.5. The quantitative estimate of drug-likeness (QED) is 0.235. The summed E-state index contributed by atoms with van der Waals surface area (Å²) in [6.07, 6.45) is 4.08. The largest absolute Gasteiger partial charge is 0.504 e. The first-order valence-corrected chi connectivity index (χ1v) is 16.0. The zero-order valence-corrected chi connectivity index (χ0v) is 26.5. The maximum absolute atomic E-state index is 14.6. The predicted octanol–water partition coefficient (Wildman–Crippen LogP) is 6.66. The highest BCUT2D eigenvalue weighted by molar-refractivity contribution is 6.32. The number of allylic oxidation sites excluding steroid dienone is 2. The van der Waals surface area contributed by atoms with Gasteiger partial charge in [0.15, 0.2) is 11.5 Å². The molecular weight excluding hydrogens is 623 g/mol. The molecule has 8 nitrogen and oxygen atoms in total. The van der Waals surface area contributed by atoms with Crippen molar-refractivity contribution in [1.82, 2.24) is 0 Å². The molecule has 0 aromatic heterocycles. The first kappa shape index (κ1) is 30.9. The number of ether oxygens (including phenoxy) is 1. The summed E-state index contributed by atoms with van der Waals surface area (Å²) in [6, 6.07) is 15.6. The van der Waals surface area contributed by atoms with Gasteiger partial charge in [0.25, 0.3) is 0 Å². The van der Waals surface area contributed by atoms with Crippen LogP contribution in [0.4, 0.5) is 15.8 Å². The molecule has 1 saturated carbocycles. The zero-order chi connectivity index (χ0) is 33.4. The van der Waals surface area contributed by atoms with Crippen LogP contribution in [0.3, 0.4) is 0 Å². The van der Waals surface area contributed by atoms with E-state index >= 15 is 0 Å². The lowest BCUT2D eigenvalue weighted by Gasteiger charge is -2.49. The zero-order valence-electron chi connectivity index (χ0n) is 25.8. The molecule has 240 valence electrons. The fourth-order valence-corrected chi connectivity index (χ4v) is 8.44. The van der Waals surface area contributed by atoms with Crippen molar-refractivity contribution in [2.24, 2.45) is 29.1 Å². The van der Waals surface area contributed by atoms with Gasteiger partial charge in [0.2, 0.25) is 23.6 Å². The van der Waals surface area contributed by atoms with Gasteiger partial charge < -0.3 is 9.84 Å². The van der Waals surface area contributed by atoms with Crippen molar-refractivity contribution in [2.75, 3.05) is 16.4 Å². The van der Waals surface area contributed by atoms with Crippen LogP contribution in [0, 0.1) is 34.9 Å². The molecule has 3 aromatic rings. The second kappa shape index (κ2) is 11.2. The van der Waals surface area contributed by atoms with Gasteiger partial charge in [-0.05, 0) is 86.2 Å². The van der Waals surface area contributed by atoms with Gasteiger partial charge in [-0.25, -0.2) is 9.29 Å². The van der Waals surface area contributed by atoms with Crippen LogP contribution in [-0.2, 0) is 19.2 Å². The van der Waals surface area contributed by atoms with E-state index in [9.17, 15) is 28.7 Å². The molecule has 3 fully saturated rings. The third kappa shape index (κ3) is 4.47. The highest BCUT2D eigenvalue weighted by atomic mass is 35.5. The Bertz CT molecular complexity index is 1910. The molecule has 10 heteroatoms. The number of fused-ring (bicyclic) bond motifs is 4. The Labute approximate surface area is 276 Å². The number of hydrogen-bond donors (Lipinski definition) is 1. The topological polar surface area (TPSA) is 104 Å². The van der Waals surface area contributed by atoms with Crippen molar-refractivity contribution in [3.05, 3.63) is 101 Å². The molecule has 4 amide bonds. The van der Waals surface area contributed by atoms with E-state index in [4.69, 9.17) is 16.3 Å². The number of anilines is 2. The average Bonchev–Trinajstić information content (AvgIpc) is 3.43. The Hall–Kier alpha value is -4.76. The standard InChI is InChI=1S/C37H32ClFN2O6/c1-4-19-6-9-21(10-7-19)40-33(43)24-13-12-23-25(31(24)35(40)45)18-26-34(44)41(22-11-14-28(39)27(38)17-22)36(46)37(26,3)32(23)20-8-15-29(42)30(16-20)47-5-2/h4,6-12,14-17,24-26,31-32,42H,1,5,13,18H2,2-3H3/t24-,25+,26-,31-,32-,37+/m0/s1. The molecule has 0 unspecified atom stereocenters. The van der Waals surface area contributed by atoms with Gasteiger partial charge in [-0.15, -0.1) is 0 Å². The van der Waals surface area contributed by atoms with Gasteiger partial charge in [0, 0.05) is 5.92 Å². The lowest BCUT2D eigenvalue weighted by atomic mass is 9.51. The normalized spacial score (nSPS) is 28.2. The molecule has 0 bridgehead atoms. The molecule has 4 aliphatic rings. The van der Waals surface area contributed by atoms with Crippen molar-refractivity contribution in [1.29, 1.82) is 0 Å². The number of carbonyl (C=O) groups is 4. The molecule has 2 aliphatic carbocycles. The average molecular weight is 655 g/mol. The van der Waals surface area contributed by atoms with Crippen LogP contribution >= 0.6 is 11.6 Å². The van der Waals surface area contributed by atoms with E-state index < -0.39 is 52.6 Å². The molecule has 7 rings (SSSR count). The number of phenols is 1. The maximum Gasteiger partial charge on any atom is 0.241 e. The lowest BCUT2D eigenvalue weighted by Crippen LogP contribution is -2.48. The van der Waals surface area contributed by atoms with Gasteiger partial charge in [0.05, 0.1) is 46.2 Å². The number of hydrogen-bond acceptors (Lipinski definition) is 6. The number of benzene rings is 3. The summed E-state index contributed by atoms with van der Waals surface area (Å²) in [5.41, 5.74) is 1.56. The van der Waals surface area contributed by atoms with Crippen LogP contribution < -0.4 is 14.5 Å². The van der Waals surface area contributed by atoms with E-state index in [1.54, 1.807) is 56.3 Å². The fourth-order valence-electron chi connectivity index (χ4n) is 8.26. The number of halogens is 2. The van der Waals surface area contributed by atoms with Gasteiger partial charge in [-0.2, -0.15) is 0 Å². The van der Waals surface area contributed by atoms with Crippen molar-refractivity contribution in [2.45, 2.75) is 32.6 Å². The van der Waals surface area contributed by atoms with Crippen molar-refractivity contribution in [3.63, 3.8) is 0 Å². The molecular formula is C37H32ClFN2O6. The molecule has 2 saturated heterocycles. The maximum atomic E-state index is 14.6. The van der Waals surface area contributed by atoms with Gasteiger partial charge in [-0.1, -0.05) is 54.1 Å². The SMILES string of the molecule is C=Cc1ccc(N2C(=O)[C@H]3[C@H](CC=C4[C@H]3C[C@H]3C(=O)N(c5ccc(F)c(Cl)c5)C(=O)[C@@]3(C)[C@H]4c3ccc(O)c(OCC)c3)C2=O)cc1. The highest BCUT2D eigenvalue weighted by Gasteiger charge is 2.67. The summed E-state index contributed by atoms with van der Waals surface area (Å²) in [5, 5.41) is 10.3. The minimum Gasteiger partial charge on any atom is -0.504 e. The molecule has 2 heterocycles. The molecule has 1 N–H and O–H groups in total. The Morgan fingerprint density at radius 3 is 2.38 bits per heavy atom. The summed E-state index contributed by atoms with van der Waals surface area (Å²) in [7, 11) is 0. The van der Waals surface area contributed by atoms with Crippen LogP contribution in [0.5, 0.6) is 11.5 Å². The van der Waals surface area contributed by atoms with E-state index in [1.165, 1.54) is 23.1 Å². The Kier molecular flexibility index (Phi) is 7.35. The third-order valence-electron chi connectivity index (χ3n) is 10.4. The smallest absolute Gasteiger partial charge is 0.241 e. The Morgan fingerprint density at radius 2 is 1.70 bits per heavy atom. The number of amides is 4. The van der Waals surface area contributed by atoms with Gasteiger partial charge in [0.1, 0.15) is 5.82 Å². The van der Waals surface area contributed by atoms with Crippen LogP contribution in [0.25, 0.3) is 6.08 Å². The summed E-state index contributed by atoms with van der Waals surface area (Å²) < 4.78 is 19.8. The number of carbonyl (C=O) groups excluding carboxylic acids is 4. The van der Waals surface area contributed by atoms with E-state index in [2.05, 4.69) is 6.58 Å².